The minimum absolute atomic E-state index is 0.0166. The lowest BCUT2D eigenvalue weighted by Crippen LogP contribution is -2.04. The van der Waals surface area contributed by atoms with E-state index in [4.69, 9.17) is 4.74 Å². The van der Waals surface area contributed by atoms with Crippen LogP contribution >= 0.6 is 0 Å². The molecule has 0 unspecified atom stereocenters. The van der Waals surface area contributed by atoms with Gasteiger partial charge in [-0.2, -0.15) is 0 Å². The molecule has 0 aliphatic carbocycles. The highest BCUT2D eigenvalue weighted by molar-refractivity contribution is 5.87. The summed E-state index contributed by atoms with van der Waals surface area (Å²) in [6.45, 7) is 0. The molecular formula is C8H8N2O4. The van der Waals surface area contributed by atoms with Gasteiger partial charge in [-0.15, -0.1) is 4.91 Å². The number of nitrogens with zero attached hydrogens (tertiary/aromatic N) is 2. The number of carbonyl (C=O) groups is 1. The van der Waals surface area contributed by atoms with Gasteiger partial charge in [0.2, 0.25) is 5.82 Å². The van der Waals surface area contributed by atoms with Crippen LogP contribution in [0.4, 0.5) is 5.82 Å². The number of hydrogen-bond donors (Lipinski definition) is 0. The number of nitroso groups, excluding NO2 is 1. The summed E-state index contributed by atoms with van der Waals surface area (Å²) < 4.78 is 9.22. The molecule has 0 N–H and O–H groups in total. The molecule has 6 heteroatoms. The highest BCUT2D eigenvalue weighted by Crippen LogP contribution is 2.24. The number of ether oxygens (including phenoxy) is 2. The SMILES string of the molecule is COC(=O)c1ccc(OC)c(N=O)n1. The van der Waals surface area contributed by atoms with E-state index in [-0.39, 0.29) is 17.3 Å². The van der Waals surface area contributed by atoms with Crippen LogP contribution in [0.25, 0.3) is 0 Å². The molecule has 74 valence electrons. The Kier molecular flexibility index (Phi) is 3.11. The van der Waals surface area contributed by atoms with E-state index in [2.05, 4.69) is 14.9 Å². The van der Waals surface area contributed by atoms with Gasteiger partial charge in [-0.3, -0.25) is 0 Å². The van der Waals surface area contributed by atoms with Crippen LogP contribution in [0.2, 0.25) is 0 Å². The minimum Gasteiger partial charge on any atom is -0.493 e. The van der Waals surface area contributed by atoms with Crippen LogP contribution in [-0.4, -0.2) is 25.2 Å². The fourth-order valence-electron chi connectivity index (χ4n) is 0.879. The second-order valence-corrected chi connectivity index (χ2v) is 2.31. The second kappa shape index (κ2) is 4.31. The standard InChI is InChI=1S/C8H8N2O4/c1-13-6-4-3-5(8(11)14-2)9-7(6)10-12/h3-4H,1-2H3. The van der Waals surface area contributed by atoms with Gasteiger partial charge in [-0.25, -0.2) is 9.78 Å². The van der Waals surface area contributed by atoms with Crippen molar-refractivity contribution in [2.45, 2.75) is 0 Å². The van der Waals surface area contributed by atoms with E-state index in [1.165, 1.54) is 26.4 Å². The van der Waals surface area contributed by atoms with Crippen LogP contribution in [0.5, 0.6) is 5.75 Å². The van der Waals surface area contributed by atoms with Crippen molar-refractivity contribution in [1.29, 1.82) is 0 Å². The van der Waals surface area contributed by atoms with E-state index in [9.17, 15) is 9.70 Å². The molecule has 1 heterocycles. The first-order valence-corrected chi connectivity index (χ1v) is 3.69. The van der Waals surface area contributed by atoms with Crippen LogP contribution in [0.1, 0.15) is 10.5 Å². The molecule has 0 aromatic carbocycles. The zero-order valence-corrected chi connectivity index (χ0v) is 7.68. The topological polar surface area (TPSA) is 77.9 Å². The van der Waals surface area contributed by atoms with E-state index in [1.807, 2.05) is 0 Å². The van der Waals surface area contributed by atoms with Crippen molar-refractivity contribution < 1.29 is 14.3 Å². The molecular weight excluding hydrogens is 188 g/mol. The first-order chi connectivity index (χ1) is 6.72. The zero-order chi connectivity index (χ0) is 10.6. The van der Waals surface area contributed by atoms with Gasteiger partial charge in [0.1, 0.15) is 0 Å². The maximum Gasteiger partial charge on any atom is 0.356 e. The molecule has 6 nitrogen and oxygen atoms in total. The van der Waals surface area contributed by atoms with Gasteiger partial charge in [0.05, 0.1) is 14.2 Å². The first kappa shape index (κ1) is 10.1. The number of esters is 1. The summed E-state index contributed by atoms with van der Waals surface area (Å²) in [5, 5.41) is 2.62. The first-order valence-electron chi connectivity index (χ1n) is 3.69. The third-order valence-corrected chi connectivity index (χ3v) is 1.54. The number of pyridine rings is 1. The smallest absolute Gasteiger partial charge is 0.356 e. The van der Waals surface area contributed by atoms with E-state index in [0.29, 0.717) is 0 Å². The number of aromatic nitrogens is 1. The lowest BCUT2D eigenvalue weighted by Gasteiger charge is -2.02. The Hall–Kier alpha value is -1.98. The molecule has 1 aromatic heterocycles. The maximum absolute atomic E-state index is 11.0. The zero-order valence-electron chi connectivity index (χ0n) is 7.68. The fourth-order valence-corrected chi connectivity index (χ4v) is 0.879. The Bertz CT molecular complexity index is 364. The molecule has 1 aromatic rings. The second-order valence-electron chi connectivity index (χ2n) is 2.31. The van der Waals surface area contributed by atoms with Crippen molar-refractivity contribution in [2.75, 3.05) is 14.2 Å². The predicted molar refractivity (Wildman–Crippen MR) is 47.6 cm³/mol. The molecule has 0 spiro atoms. The maximum atomic E-state index is 11.0. The predicted octanol–water partition coefficient (Wildman–Crippen LogP) is 1.27. The van der Waals surface area contributed by atoms with Gasteiger partial charge >= 0.3 is 5.97 Å². The minimum atomic E-state index is -0.627. The van der Waals surface area contributed by atoms with Gasteiger partial charge in [-0.1, -0.05) is 0 Å². The third-order valence-electron chi connectivity index (χ3n) is 1.54. The Balaban J connectivity index is 3.13. The van der Waals surface area contributed by atoms with Gasteiger partial charge in [0.25, 0.3) is 0 Å². The quantitative estimate of drug-likeness (QED) is 0.537. The van der Waals surface area contributed by atoms with Crippen molar-refractivity contribution in [3.63, 3.8) is 0 Å². The Morgan fingerprint density at radius 3 is 2.64 bits per heavy atom. The van der Waals surface area contributed by atoms with Crippen molar-refractivity contribution in [1.82, 2.24) is 4.98 Å². The summed E-state index contributed by atoms with van der Waals surface area (Å²) in [7, 11) is 2.60. The lowest BCUT2D eigenvalue weighted by molar-refractivity contribution is 0.0594. The fraction of sp³-hybridized carbons (Fsp3) is 0.250. The largest absolute Gasteiger partial charge is 0.493 e. The molecule has 0 saturated heterocycles. The molecule has 0 atom stereocenters. The van der Waals surface area contributed by atoms with Crippen molar-refractivity contribution >= 4 is 11.8 Å². The van der Waals surface area contributed by atoms with Crippen LogP contribution in [0.3, 0.4) is 0 Å². The van der Waals surface area contributed by atoms with Crippen molar-refractivity contribution in [2.24, 2.45) is 5.18 Å². The van der Waals surface area contributed by atoms with E-state index in [0.717, 1.165) is 0 Å². The van der Waals surface area contributed by atoms with Crippen molar-refractivity contribution in [3.05, 3.63) is 22.7 Å². The van der Waals surface area contributed by atoms with Crippen LogP contribution in [0.15, 0.2) is 17.3 Å². The number of methoxy groups -OCH3 is 2. The molecule has 0 aliphatic rings. The summed E-state index contributed by atoms with van der Waals surface area (Å²) in [4.78, 5) is 25.0. The highest BCUT2D eigenvalue weighted by Gasteiger charge is 2.12. The summed E-state index contributed by atoms with van der Waals surface area (Å²) >= 11 is 0. The number of rotatable bonds is 3. The third kappa shape index (κ3) is 1.85. The van der Waals surface area contributed by atoms with E-state index < -0.39 is 5.97 Å². The van der Waals surface area contributed by atoms with Gasteiger partial charge in [-0.05, 0) is 17.3 Å². The molecule has 0 fully saturated rings. The lowest BCUT2D eigenvalue weighted by atomic mass is 10.3. The molecule has 0 saturated carbocycles. The molecule has 0 bridgehead atoms. The number of carbonyl (C=O) groups excluding carboxylic acids is 1. The Morgan fingerprint density at radius 1 is 1.43 bits per heavy atom. The summed E-state index contributed by atoms with van der Waals surface area (Å²) in [5.41, 5.74) is 0.0166. The van der Waals surface area contributed by atoms with Crippen LogP contribution in [-0.2, 0) is 4.74 Å². The summed E-state index contributed by atoms with van der Waals surface area (Å²) in [6, 6.07) is 2.81. The average Bonchev–Trinajstić information content (AvgIpc) is 2.26. The molecule has 0 aliphatic heterocycles. The van der Waals surface area contributed by atoms with Crippen molar-refractivity contribution in [3.8, 4) is 5.75 Å². The highest BCUT2D eigenvalue weighted by atomic mass is 16.5. The Morgan fingerprint density at radius 2 is 2.14 bits per heavy atom. The summed E-state index contributed by atoms with van der Waals surface area (Å²) in [5.74, 6) is -0.583. The van der Waals surface area contributed by atoms with Crippen LogP contribution in [0, 0.1) is 4.91 Å². The average molecular weight is 196 g/mol. The van der Waals surface area contributed by atoms with E-state index in [1.54, 1.807) is 0 Å². The molecule has 1 rings (SSSR count). The number of hydrogen-bond acceptors (Lipinski definition) is 6. The molecule has 0 radical (unpaired) electrons. The Labute approximate surface area is 79.8 Å². The van der Waals surface area contributed by atoms with Crippen LogP contribution < -0.4 is 4.74 Å². The van der Waals surface area contributed by atoms with Gasteiger partial charge < -0.3 is 9.47 Å². The van der Waals surface area contributed by atoms with E-state index >= 15 is 0 Å². The monoisotopic (exact) mass is 196 g/mol. The van der Waals surface area contributed by atoms with Gasteiger partial charge in [0.15, 0.2) is 11.4 Å². The summed E-state index contributed by atoms with van der Waals surface area (Å²) in [6.07, 6.45) is 0. The molecule has 14 heavy (non-hydrogen) atoms. The van der Waals surface area contributed by atoms with Gasteiger partial charge in [0, 0.05) is 0 Å². The normalized spacial score (nSPS) is 9.29. The molecule has 0 amide bonds.